The largest absolute Gasteiger partial charge is 0.385 e. The summed E-state index contributed by atoms with van der Waals surface area (Å²) in [5, 5.41) is 0. The second-order valence-corrected chi connectivity index (χ2v) is 9.26. The summed E-state index contributed by atoms with van der Waals surface area (Å²) in [4.78, 5) is 30.1. The molecule has 2 aliphatic rings. The zero-order chi connectivity index (χ0) is 20.3. The van der Waals surface area contributed by atoms with Gasteiger partial charge in [0.1, 0.15) is 4.32 Å². The highest BCUT2D eigenvalue weighted by Crippen LogP contribution is 2.45. The lowest BCUT2D eigenvalue weighted by Gasteiger charge is -2.17. The zero-order valence-electron chi connectivity index (χ0n) is 16.0. The minimum absolute atomic E-state index is 0.110. The number of hydrogen-bond donors (Lipinski definition) is 0. The molecule has 0 aromatic heterocycles. The fraction of sp³-hybridized carbons (Fsp3) is 0.450. The number of unbranched alkanes of at least 4 members (excludes halogenated alkanes) is 2. The van der Waals surface area contributed by atoms with E-state index in [1.54, 1.807) is 16.9 Å². The normalized spacial score (nSPS) is 19.2. The molecule has 28 heavy (non-hydrogen) atoms. The number of ether oxygens (including phenoxy) is 1. The monoisotopic (exact) mass is 482 g/mol. The maximum atomic E-state index is 13.3. The molecule has 1 aromatic carbocycles. The topological polar surface area (TPSA) is 49.9 Å². The molecule has 0 spiro atoms. The van der Waals surface area contributed by atoms with Crippen molar-refractivity contribution in [2.24, 2.45) is 0 Å². The molecular formula is C20H23BrN2O3S2. The summed E-state index contributed by atoms with van der Waals surface area (Å²) in [6.45, 7) is 3.84. The Kier molecular flexibility index (Phi) is 7.31. The molecule has 0 saturated carbocycles. The molecule has 0 atom stereocenters. The highest BCUT2D eigenvalue weighted by Gasteiger charge is 2.41. The lowest BCUT2D eigenvalue weighted by Crippen LogP contribution is -2.31. The number of hydrogen-bond acceptors (Lipinski definition) is 5. The maximum Gasteiger partial charge on any atom is 0.267 e. The van der Waals surface area contributed by atoms with Gasteiger partial charge in [0.25, 0.3) is 11.8 Å². The number of rotatable bonds is 8. The summed E-state index contributed by atoms with van der Waals surface area (Å²) >= 11 is 10.1. The van der Waals surface area contributed by atoms with Crippen molar-refractivity contribution in [2.45, 2.75) is 32.6 Å². The van der Waals surface area contributed by atoms with Crippen LogP contribution in [0.5, 0.6) is 0 Å². The molecule has 1 saturated heterocycles. The van der Waals surface area contributed by atoms with Gasteiger partial charge in [-0.1, -0.05) is 59.7 Å². The minimum atomic E-state index is -0.184. The van der Waals surface area contributed by atoms with E-state index in [0.717, 1.165) is 35.0 Å². The fourth-order valence-electron chi connectivity index (χ4n) is 3.37. The minimum Gasteiger partial charge on any atom is -0.385 e. The van der Waals surface area contributed by atoms with Gasteiger partial charge in [0.05, 0.1) is 16.2 Å². The van der Waals surface area contributed by atoms with Crippen molar-refractivity contribution in [3.8, 4) is 0 Å². The Labute approximate surface area is 183 Å². The predicted octanol–water partition coefficient (Wildman–Crippen LogP) is 4.59. The maximum absolute atomic E-state index is 13.3. The Morgan fingerprint density at radius 2 is 1.86 bits per heavy atom. The van der Waals surface area contributed by atoms with Crippen LogP contribution in [0.25, 0.3) is 5.57 Å². The third-order valence-electron chi connectivity index (χ3n) is 4.77. The molecule has 1 aromatic rings. The van der Waals surface area contributed by atoms with Crippen LogP contribution >= 0.6 is 39.9 Å². The van der Waals surface area contributed by atoms with Gasteiger partial charge < -0.3 is 9.64 Å². The Morgan fingerprint density at radius 1 is 1.11 bits per heavy atom. The van der Waals surface area contributed by atoms with Crippen LogP contribution in [0.4, 0.5) is 5.69 Å². The summed E-state index contributed by atoms with van der Waals surface area (Å²) in [7, 11) is 1.63. The summed E-state index contributed by atoms with van der Waals surface area (Å²) in [6.07, 6.45) is 3.78. The molecule has 0 unspecified atom stereocenters. The van der Waals surface area contributed by atoms with Crippen LogP contribution in [0.1, 0.15) is 38.2 Å². The average Bonchev–Trinajstić information content (AvgIpc) is 3.09. The van der Waals surface area contributed by atoms with E-state index in [4.69, 9.17) is 17.0 Å². The molecule has 0 radical (unpaired) electrons. The number of fused-ring (bicyclic) bond motifs is 1. The number of carbonyl (C=O) groups excluding carboxylic acids is 2. The number of methoxy groups -OCH3 is 1. The van der Waals surface area contributed by atoms with Gasteiger partial charge in [-0.3, -0.25) is 14.5 Å². The molecule has 0 N–H and O–H groups in total. The van der Waals surface area contributed by atoms with Crippen molar-refractivity contribution in [3.63, 3.8) is 0 Å². The number of carbonyl (C=O) groups is 2. The van der Waals surface area contributed by atoms with Crippen molar-refractivity contribution < 1.29 is 14.3 Å². The molecule has 5 nitrogen and oxygen atoms in total. The number of halogens is 1. The molecule has 2 aliphatic heterocycles. The standard InChI is InChI=1S/C20H23BrN2O3S2/c1-3-4-5-9-22-15-8-7-13(21)12-14(15)16(18(22)24)17-19(25)23(20(27)28-17)10-6-11-26-2/h7-8,12H,3-6,9-11H2,1-2H3. The molecular weight excluding hydrogens is 460 g/mol. The number of benzene rings is 1. The summed E-state index contributed by atoms with van der Waals surface area (Å²) in [5.41, 5.74) is 2.14. The Hall–Kier alpha value is -1.22. The van der Waals surface area contributed by atoms with Gasteiger partial charge in [-0.05, 0) is 31.0 Å². The predicted molar refractivity (Wildman–Crippen MR) is 121 cm³/mol. The van der Waals surface area contributed by atoms with Crippen LogP contribution in [0.3, 0.4) is 0 Å². The molecule has 2 amide bonds. The van der Waals surface area contributed by atoms with E-state index in [2.05, 4.69) is 22.9 Å². The quantitative estimate of drug-likeness (QED) is 0.308. The van der Waals surface area contributed by atoms with Gasteiger partial charge in [0, 0.05) is 36.8 Å². The van der Waals surface area contributed by atoms with Crippen molar-refractivity contribution in [3.05, 3.63) is 33.1 Å². The Morgan fingerprint density at radius 3 is 2.57 bits per heavy atom. The van der Waals surface area contributed by atoms with Crippen molar-refractivity contribution in [1.29, 1.82) is 0 Å². The van der Waals surface area contributed by atoms with Crippen LogP contribution in [-0.2, 0) is 14.3 Å². The van der Waals surface area contributed by atoms with E-state index >= 15 is 0 Å². The van der Waals surface area contributed by atoms with E-state index in [1.807, 2.05) is 18.2 Å². The first-order valence-corrected chi connectivity index (χ1v) is 11.4. The van der Waals surface area contributed by atoms with Gasteiger partial charge in [-0.2, -0.15) is 0 Å². The highest BCUT2D eigenvalue weighted by atomic mass is 79.9. The molecule has 2 heterocycles. The third kappa shape index (κ3) is 4.20. The third-order valence-corrected chi connectivity index (χ3v) is 6.71. The number of nitrogens with zero attached hydrogens (tertiary/aromatic N) is 2. The van der Waals surface area contributed by atoms with E-state index in [1.165, 1.54) is 11.8 Å². The summed E-state index contributed by atoms with van der Waals surface area (Å²) < 4.78 is 6.45. The van der Waals surface area contributed by atoms with E-state index in [-0.39, 0.29) is 11.8 Å². The SMILES string of the molecule is CCCCCN1C(=O)C(=C2SC(=S)N(CCCOC)C2=O)c2cc(Br)ccc21. The van der Waals surface area contributed by atoms with Crippen molar-refractivity contribution >= 4 is 67.3 Å². The number of thioether (sulfide) groups is 1. The van der Waals surface area contributed by atoms with Crippen LogP contribution in [0, 0.1) is 0 Å². The molecule has 3 rings (SSSR count). The van der Waals surface area contributed by atoms with Gasteiger partial charge in [-0.15, -0.1) is 0 Å². The van der Waals surface area contributed by atoms with Gasteiger partial charge in [0.15, 0.2) is 0 Å². The smallest absolute Gasteiger partial charge is 0.267 e. The molecule has 1 fully saturated rings. The molecule has 0 bridgehead atoms. The number of anilines is 1. The van der Waals surface area contributed by atoms with E-state index in [9.17, 15) is 9.59 Å². The first kappa shape index (κ1) is 21.5. The van der Waals surface area contributed by atoms with Crippen molar-refractivity contribution in [2.75, 3.05) is 31.7 Å². The van der Waals surface area contributed by atoms with E-state index < -0.39 is 0 Å². The number of amides is 2. The van der Waals surface area contributed by atoms with Crippen molar-refractivity contribution in [1.82, 2.24) is 4.90 Å². The molecule has 150 valence electrons. The zero-order valence-corrected chi connectivity index (χ0v) is 19.2. The lowest BCUT2D eigenvalue weighted by atomic mass is 10.1. The summed E-state index contributed by atoms with van der Waals surface area (Å²) in [6, 6.07) is 5.79. The Balaban J connectivity index is 1.96. The fourth-order valence-corrected chi connectivity index (χ4v) is 5.12. The van der Waals surface area contributed by atoms with Crippen LogP contribution in [0.2, 0.25) is 0 Å². The lowest BCUT2D eigenvalue weighted by molar-refractivity contribution is -0.122. The van der Waals surface area contributed by atoms with E-state index in [0.29, 0.717) is 40.9 Å². The van der Waals surface area contributed by atoms with Crippen LogP contribution < -0.4 is 4.90 Å². The van der Waals surface area contributed by atoms with Gasteiger partial charge >= 0.3 is 0 Å². The highest BCUT2D eigenvalue weighted by molar-refractivity contribution is 9.10. The summed E-state index contributed by atoms with van der Waals surface area (Å²) in [5.74, 6) is -0.294. The van der Waals surface area contributed by atoms with Gasteiger partial charge in [-0.25, -0.2) is 0 Å². The number of thiocarbonyl (C=S) groups is 1. The molecule has 0 aliphatic carbocycles. The Bertz CT molecular complexity index is 841. The first-order chi connectivity index (χ1) is 13.5. The molecule has 8 heteroatoms. The van der Waals surface area contributed by atoms with Crippen LogP contribution in [0.15, 0.2) is 27.6 Å². The van der Waals surface area contributed by atoms with Gasteiger partial charge in [0.2, 0.25) is 0 Å². The second-order valence-electron chi connectivity index (χ2n) is 6.70. The average molecular weight is 483 g/mol. The van der Waals surface area contributed by atoms with Crippen LogP contribution in [-0.4, -0.2) is 47.8 Å². The second kappa shape index (κ2) is 9.52. The first-order valence-electron chi connectivity index (χ1n) is 9.38.